The third kappa shape index (κ3) is 3.41. The Labute approximate surface area is 118 Å². The molecule has 6 heteroatoms. The number of aryl methyl sites for hydroxylation is 1. The molecule has 2 unspecified atom stereocenters. The molecule has 0 saturated carbocycles. The Morgan fingerprint density at radius 2 is 2.10 bits per heavy atom. The van der Waals surface area contributed by atoms with Gasteiger partial charge in [0.15, 0.2) is 0 Å². The molecule has 20 heavy (non-hydrogen) atoms. The van der Waals surface area contributed by atoms with E-state index in [1.165, 1.54) is 0 Å². The number of hydrogen-bond acceptors (Lipinski definition) is 5. The molecule has 0 aliphatic carbocycles. The summed E-state index contributed by atoms with van der Waals surface area (Å²) in [4.78, 5) is 4.24. The first-order valence-corrected chi connectivity index (χ1v) is 6.71. The van der Waals surface area contributed by atoms with Crippen molar-refractivity contribution in [2.24, 2.45) is 12.9 Å². The molecular weight excluding hydrogens is 254 g/mol. The summed E-state index contributed by atoms with van der Waals surface area (Å²) < 4.78 is 7.62. The van der Waals surface area contributed by atoms with E-state index in [1.807, 2.05) is 44.3 Å². The Kier molecular flexibility index (Phi) is 5.23. The average Bonchev–Trinajstić information content (AvgIpc) is 2.89. The van der Waals surface area contributed by atoms with Crippen LogP contribution in [-0.2, 0) is 18.2 Å². The lowest BCUT2D eigenvalue weighted by molar-refractivity contribution is 0.0325. The Morgan fingerprint density at radius 1 is 1.35 bits per heavy atom. The molecule has 1 aromatic heterocycles. The predicted octanol–water partition coefficient (Wildman–Crippen LogP) is 0.967. The minimum atomic E-state index is -0.122. The second kappa shape index (κ2) is 7.14. The summed E-state index contributed by atoms with van der Waals surface area (Å²) in [5.41, 5.74) is 3.94. The molecule has 0 saturated heterocycles. The highest BCUT2D eigenvalue weighted by atomic mass is 16.5. The molecule has 6 nitrogen and oxygen atoms in total. The van der Waals surface area contributed by atoms with Crippen molar-refractivity contribution in [1.82, 2.24) is 20.2 Å². The summed E-state index contributed by atoms with van der Waals surface area (Å²) >= 11 is 0. The van der Waals surface area contributed by atoms with Crippen LogP contribution in [0.15, 0.2) is 36.7 Å². The number of rotatable bonds is 7. The zero-order valence-electron chi connectivity index (χ0n) is 11.9. The number of hydrazine groups is 1. The number of nitrogens with zero attached hydrogens (tertiary/aromatic N) is 3. The van der Waals surface area contributed by atoms with Crippen molar-refractivity contribution in [1.29, 1.82) is 0 Å². The zero-order valence-corrected chi connectivity index (χ0v) is 11.9. The maximum atomic E-state index is 5.87. The fourth-order valence-electron chi connectivity index (χ4n) is 2.22. The fraction of sp³-hybridized carbons (Fsp3) is 0.429. The van der Waals surface area contributed by atoms with E-state index in [9.17, 15) is 0 Å². The lowest BCUT2D eigenvalue weighted by atomic mass is 9.99. The maximum Gasteiger partial charge on any atom is 0.138 e. The molecule has 2 atom stereocenters. The van der Waals surface area contributed by atoms with Crippen LogP contribution in [0.4, 0.5) is 0 Å². The first-order valence-electron chi connectivity index (χ1n) is 6.71. The summed E-state index contributed by atoms with van der Waals surface area (Å²) in [5, 5.41) is 4.08. The van der Waals surface area contributed by atoms with Gasteiger partial charge in [0.05, 0.1) is 12.1 Å². The summed E-state index contributed by atoms with van der Waals surface area (Å²) in [6.07, 6.45) is 2.07. The van der Waals surface area contributed by atoms with Crippen molar-refractivity contribution < 1.29 is 4.74 Å². The van der Waals surface area contributed by atoms with Crippen LogP contribution >= 0.6 is 0 Å². The van der Waals surface area contributed by atoms with Crippen LogP contribution in [-0.4, -0.2) is 27.4 Å². The minimum absolute atomic E-state index is 0.0692. The van der Waals surface area contributed by atoms with Gasteiger partial charge in [-0.15, -0.1) is 0 Å². The van der Waals surface area contributed by atoms with Gasteiger partial charge < -0.3 is 4.74 Å². The molecular formula is C14H21N5O. The average molecular weight is 275 g/mol. The summed E-state index contributed by atoms with van der Waals surface area (Å²) in [6, 6.07) is 10.00. The quantitative estimate of drug-likeness (QED) is 0.581. The van der Waals surface area contributed by atoms with Crippen molar-refractivity contribution in [3.05, 3.63) is 48.0 Å². The normalized spacial score (nSPS) is 14.2. The number of hydrogen-bond donors (Lipinski definition) is 2. The topological polar surface area (TPSA) is 78.0 Å². The van der Waals surface area contributed by atoms with E-state index < -0.39 is 0 Å². The standard InChI is InChI=1S/C14H21N5O/c1-3-20-14(11-7-5-4-6-8-11)12(18-15)9-13-16-10-17-19(13)2/h4-8,10,12,14,18H,3,9,15H2,1-2H3. The minimum Gasteiger partial charge on any atom is -0.372 e. The highest BCUT2D eigenvalue weighted by Crippen LogP contribution is 2.22. The number of nitrogens with one attached hydrogen (secondary N) is 1. The van der Waals surface area contributed by atoms with Gasteiger partial charge in [0.1, 0.15) is 12.2 Å². The Hall–Kier alpha value is -1.76. The SMILES string of the molecule is CCOC(c1ccccc1)C(Cc1ncnn1C)NN. The zero-order chi connectivity index (χ0) is 14.4. The first kappa shape index (κ1) is 14.6. The smallest absolute Gasteiger partial charge is 0.138 e. The van der Waals surface area contributed by atoms with Crippen LogP contribution in [0.5, 0.6) is 0 Å². The van der Waals surface area contributed by atoms with Crippen molar-refractivity contribution in [3.63, 3.8) is 0 Å². The molecule has 0 bridgehead atoms. The largest absolute Gasteiger partial charge is 0.372 e. The number of aromatic nitrogens is 3. The highest BCUT2D eigenvalue weighted by molar-refractivity contribution is 5.19. The highest BCUT2D eigenvalue weighted by Gasteiger charge is 2.24. The lowest BCUT2D eigenvalue weighted by Crippen LogP contribution is -2.43. The van der Waals surface area contributed by atoms with Gasteiger partial charge in [-0.2, -0.15) is 5.10 Å². The Balaban J connectivity index is 2.19. The van der Waals surface area contributed by atoms with Crippen LogP contribution < -0.4 is 11.3 Å². The van der Waals surface area contributed by atoms with Gasteiger partial charge in [0.2, 0.25) is 0 Å². The van der Waals surface area contributed by atoms with Crippen molar-refractivity contribution in [3.8, 4) is 0 Å². The molecule has 2 rings (SSSR count). The van der Waals surface area contributed by atoms with E-state index in [-0.39, 0.29) is 12.1 Å². The van der Waals surface area contributed by atoms with Gasteiger partial charge in [0, 0.05) is 20.1 Å². The van der Waals surface area contributed by atoms with Gasteiger partial charge >= 0.3 is 0 Å². The lowest BCUT2D eigenvalue weighted by Gasteiger charge is -2.26. The maximum absolute atomic E-state index is 5.87. The molecule has 108 valence electrons. The first-order chi connectivity index (χ1) is 9.76. The Bertz CT molecular complexity index is 513. The number of nitrogens with two attached hydrogens (primary N) is 1. The van der Waals surface area contributed by atoms with E-state index in [0.29, 0.717) is 13.0 Å². The third-order valence-corrected chi connectivity index (χ3v) is 3.26. The monoisotopic (exact) mass is 275 g/mol. The van der Waals surface area contributed by atoms with E-state index in [0.717, 1.165) is 11.4 Å². The van der Waals surface area contributed by atoms with Gasteiger partial charge in [-0.3, -0.25) is 16.0 Å². The second-order valence-electron chi connectivity index (χ2n) is 4.56. The van der Waals surface area contributed by atoms with E-state index in [2.05, 4.69) is 15.5 Å². The Morgan fingerprint density at radius 3 is 2.65 bits per heavy atom. The molecule has 0 aliphatic rings. The number of benzene rings is 1. The summed E-state index contributed by atoms with van der Waals surface area (Å²) in [5.74, 6) is 6.59. The molecule has 0 amide bonds. The third-order valence-electron chi connectivity index (χ3n) is 3.26. The van der Waals surface area contributed by atoms with Crippen LogP contribution in [0.2, 0.25) is 0 Å². The molecule has 2 aromatic rings. The summed E-state index contributed by atoms with van der Waals surface area (Å²) in [6.45, 7) is 2.60. The molecule has 1 heterocycles. The molecule has 0 fully saturated rings. The second-order valence-corrected chi connectivity index (χ2v) is 4.56. The van der Waals surface area contributed by atoms with Gasteiger partial charge in [0.25, 0.3) is 0 Å². The van der Waals surface area contributed by atoms with Crippen molar-refractivity contribution in [2.45, 2.75) is 25.5 Å². The van der Waals surface area contributed by atoms with Crippen LogP contribution in [0.1, 0.15) is 24.4 Å². The number of ether oxygens (including phenoxy) is 1. The fourth-order valence-corrected chi connectivity index (χ4v) is 2.22. The van der Waals surface area contributed by atoms with Crippen LogP contribution in [0, 0.1) is 0 Å². The van der Waals surface area contributed by atoms with Crippen molar-refractivity contribution >= 4 is 0 Å². The van der Waals surface area contributed by atoms with Gasteiger partial charge in [-0.25, -0.2) is 4.98 Å². The predicted molar refractivity (Wildman–Crippen MR) is 76.6 cm³/mol. The van der Waals surface area contributed by atoms with E-state index >= 15 is 0 Å². The molecule has 0 radical (unpaired) electrons. The van der Waals surface area contributed by atoms with Gasteiger partial charge in [-0.05, 0) is 12.5 Å². The molecule has 0 spiro atoms. The van der Waals surface area contributed by atoms with Crippen molar-refractivity contribution in [2.75, 3.05) is 6.61 Å². The van der Waals surface area contributed by atoms with E-state index in [4.69, 9.17) is 10.6 Å². The summed E-state index contributed by atoms with van der Waals surface area (Å²) in [7, 11) is 1.87. The van der Waals surface area contributed by atoms with E-state index in [1.54, 1.807) is 11.0 Å². The molecule has 0 aliphatic heterocycles. The van der Waals surface area contributed by atoms with Crippen LogP contribution in [0.25, 0.3) is 0 Å². The van der Waals surface area contributed by atoms with Gasteiger partial charge in [-0.1, -0.05) is 30.3 Å². The van der Waals surface area contributed by atoms with Crippen LogP contribution in [0.3, 0.4) is 0 Å². The molecule has 3 N–H and O–H groups in total. The molecule has 1 aromatic carbocycles.